The van der Waals surface area contributed by atoms with E-state index in [1.807, 2.05) is 0 Å². The van der Waals surface area contributed by atoms with Crippen LogP contribution in [0.4, 0.5) is 30.7 Å². The Morgan fingerprint density at radius 2 is 1.56 bits per heavy atom. The largest absolute Gasteiger partial charge is 0.374 e. The second-order valence-electron chi connectivity index (χ2n) is 3.44. The van der Waals surface area contributed by atoms with E-state index < -0.39 is 41.7 Å². The van der Waals surface area contributed by atoms with Crippen molar-refractivity contribution in [3.8, 4) is 0 Å². The van der Waals surface area contributed by atoms with Gasteiger partial charge in [-0.05, 0) is 0 Å². The van der Waals surface area contributed by atoms with E-state index in [0.29, 0.717) is 11.8 Å². The van der Waals surface area contributed by atoms with Crippen LogP contribution in [0.5, 0.6) is 0 Å². The van der Waals surface area contributed by atoms with Crippen molar-refractivity contribution >= 4 is 16.9 Å². The first-order valence-electron chi connectivity index (χ1n) is 4.87. The van der Waals surface area contributed by atoms with Gasteiger partial charge in [0.05, 0.1) is 0 Å². The second-order valence-corrected chi connectivity index (χ2v) is 4.59. The molecule has 18 heavy (non-hydrogen) atoms. The molecule has 0 bridgehead atoms. The molecule has 0 aromatic carbocycles. The van der Waals surface area contributed by atoms with Crippen LogP contribution in [-0.4, -0.2) is 35.3 Å². The van der Waals surface area contributed by atoms with Gasteiger partial charge in [-0.3, -0.25) is 4.79 Å². The average Bonchev–Trinajstić information content (AvgIpc) is 2.27. The van der Waals surface area contributed by atoms with E-state index >= 15 is 0 Å². The number of rotatable bonds is 7. The van der Waals surface area contributed by atoms with Crippen LogP contribution < -0.4 is 0 Å². The van der Waals surface area contributed by atoms with Crippen LogP contribution in [0.1, 0.15) is 19.8 Å². The van der Waals surface area contributed by atoms with Crippen molar-refractivity contribution in [2.45, 2.75) is 37.5 Å². The van der Waals surface area contributed by atoms with Gasteiger partial charge in [0.1, 0.15) is 0 Å². The number of hydrogen-bond donors (Lipinski definition) is 0. The fourth-order valence-electron chi connectivity index (χ4n) is 0.904. The van der Waals surface area contributed by atoms with Crippen LogP contribution in [0.3, 0.4) is 0 Å². The lowest BCUT2D eigenvalue weighted by Gasteiger charge is -2.31. The molecule has 0 aromatic heterocycles. The predicted molar refractivity (Wildman–Crippen MR) is 53.2 cm³/mol. The maximum atomic E-state index is 12.9. The van der Waals surface area contributed by atoms with Crippen molar-refractivity contribution in [2.75, 3.05) is 12.4 Å². The Kier molecular flexibility index (Phi) is 5.96. The quantitative estimate of drug-likeness (QED) is 0.663. The van der Waals surface area contributed by atoms with Crippen LogP contribution in [0.2, 0.25) is 0 Å². The summed E-state index contributed by atoms with van der Waals surface area (Å²) < 4.78 is 87.8. The topological polar surface area (TPSA) is 17.1 Å². The molecular formula is C9H11F7OS. The number of carbonyl (C=O) groups is 1. The van der Waals surface area contributed by atoms with Gasteiger partial charge in [-0.25, -0.2) is 4.39 Å². The van der Waals surface area contributed by atoms with E-state index in [9.17, 15) is 35.5 Å². The van der Waals surface area contributed by atoms with Crippen LogP contribution in [0.15, 0.2) is 0 Å². The molecule has 108 valence electrons. The molecule has 0 N–H and O–H groups in total. The van der Waals surface area contributed by atoms with E-state index in [-0.39, 0.29) is 6.42 Å². The zero-order valence-electron chi connectivity index (χ0n) is 9.29. The minimum atomic E-state index is -5.79. The first-order valence-corrected chi connectivity index (χ1v) is 5.85. The average molecular weight is 300 g/mol. The molecule has 0 aliphatic carbocycles. The molecule has 0 amide bonds. The normalized spacial score (nSPS) is 13.8. The molecule has 0 aromatic rings. The number of thioether (sulfide) groups is 1. The summed E-state index contributed by atoms with van der Waals surface area (Å²) in [4.78, 5) is 10.7. The molecule has 0 heterocycles. The van der Waals surface area contributed by atoms with Gasteiger partial charge in [-0.2, -0.15) is 26.3 Å². The standard InChI is InChI=1S/C9H11F7OS/c1-2-6(17)18-4-3-7(11,12)9(15,16)8(13,14)5-10/h2-5H2,1H3. The number of halogens is 7. The fourth-order valence-corrected chi connectivity index (χ4v) is 1.69. The second kappa shape index (κ2) is 6.12. The Hall–Kier alpha value is -0.470. The lowest BCUT2D eigenvalue weighted by molar-refractivity contribution is -0.311. The molecule has 0 aliphatic heterocycles. The first kappa shape index (κ1) is 17.5. The van der Waals surface area contributed by atoms with E-state index in [1.165, 1.54) is 6.92 Å². The number of carbonyl (C=O) groups excluding carboxylic acids is 1. The summed E-state index contributed by atoms with van der Waals surface area (Å²) in [6.07, 6.45) is -1.63. The van der Waals surface area contributed by atoms with Crippen molar-refractivity contribution in [3.05, 3.63) is 0 Å². The summed E-state index contributed by atoms with van der Waals surface area (Å²) in [5, 5.41) is -0.522. The summed E-state index contributed by atoms with van der Waals surface area (Å²) in [6, 6.07) is 0. The van der Waals surface area contributed by atoms with Crippen LogP contribution in [0.25, 0.3) is 0 Å². The van der Waals surface area contributed by atoms with Gasteiger partial charge < -0.3 is 0 Å². The van der Waals surface area contributed by atoms with Crippen molar-refractivity contribution in [3.63, 3.8) is 0 Å². The molecule has 0 atom stereocenters. The third-order valence-corrected chi connectivity index (χ3v) is 3.07. The Morgan fingerprint density at radius 1 is 1.06 bits per heavy atom. The monoisotopic (exact) mass is 300 g/mol. The third-order valence-electron chi connectivity index (χ3n) is 2.05. The maximum absolute atomic E-state index is 12.9. The smallest absolute Gasteiger partial charge is 0.287 e. The Bertz CT molecular complexity index is 293. The third kappa shape index (κ3) is 3.76. The van der Waals surface area contributed by atoms with E-state index in [0.717, 1.165) is 0 Å². The molecule has 0 aliphatic rings. The van der Waals surface area contributed by atoms with Gasteiger partial charge in [-0.1, -0.05) is 18.7 Å². The fraction of sp³-hybridized carbons (Fsp3) is 0.889. The van der Waals surface area contributed by atoms with E-state index in [4.69, 9.17) is 0 Å². The minimum Gasteiger partial charge on any atom is -0.287 e. The highest BCUT2D eigenvalue weighted by Gasteiger charge is 2.70. The summed E-state index contributed by atoms with van der Waals surface area (Å²) in [7, 11) is 0. The highest BCUT2D eigenvalue weighted by Crippen LogP contribution is 2.47. The maximum Gasteiger partial charge on any atom is 0.374 e. The zero-order valence-corrected chi connectivity index (χ0v) is 10.1. The molecule has 9 heteroatoms. The summed E-state index contributed by atoms with van der Waals surface area (Å²) in [5.41, 5.74) is 0. The van der Waals surface area contributed by atoms with E-state index in [2.05, 4.69) is 0 Å². The molecule has 0 unspecified atom stereocenters. The van der Waals surface area contributed by atoms with Crippen molar-refractivity contribution < 1.29 is 35.5 Å². The lowest BCUT2D eigenvalue weighted by atomic mass is 10.0. The Morgan fingerprint density at radius 3 is 1.94 bits per heavy atom. The molecule has 0 saturated heterocycles. The highest BCUT2D eigenvalue weighted by molar-refractivity contribution is 8.13. The Balaban J connectivity index is 4.66. The van der Waals surface area contributed by atoms with Crippen LogP contribution in [-0.2, 0) is 4.79 Å². The summed E-state index contributed by atoms with van der Waals surface area (Å²) >= 11 is 0.347. The van der Waals surface area contributed by atoms with Crippen molar-refractivity contribution in [1.29, 1.82) is 0 Å². The van der Waals surface area contributed by atoms with Crippen molar-refractivity contribution in [1.82, 2.24) is 0 Å². The Labute approximate surface area is 103 Å². The van der Waals surface area contributed by atoms with Gasteiger partial charge in [0.15, 0.2) is 11.8 Å². The SMILES string of the molecule is CCC(=O)SCCC(F)(F)C(F)(F)C(F)(F)CF. The van der Waals surface area contributed by atoms with Gasteiger partial charge in [0.25, 0.3) is 0 Å². The molecule has 0 spiro atoms. The summed E-state index contributed by atoms with van der Waals surface area (Å²) in [6.45, 7) is -1.45. The van der Waals surface area contributed by atoms with Gasteiger partial charge in [0.2, 0.25) is 0 Å². The van der Waals surface area contributed by atoms with Gasteiger partial charge in [-0.15, -0.1) is 0 Å². The summed E-state index contributed by atoms with van der Waals surface area (Å²) in [5.74, 6) is -17.0. The minimum absolute atomic E-state index is 0.00721. The molecule has 0 saturated carbocycles. The van der Waals surface area contributed by atoms with E-state index in [1.54, 1.807) is 0 Å². The van der Waals surface area contributed by atoms with Gasteiger partial charge >= 0.3 is 17.8 Å². The molecule has 0 rings (SSSR count). The number of alkyl halides is 7. The molecular weight excluding hydrogens is 289 g/mol. The molecule has 0 radical (unpaired) electrons. The zero-order chi connectivity index (χ0) is 14.6. The first-order chi connectivity index (χ1) is 8.02. The lowest BCUT2D eigenvalue weighted by Crippen LogP contribution is -2.55. The van der Waals surface area contributed by atoms with Gasteiger partial charge in [0, 0.05) is 18.6 Å². The van der Waals surface area contributed by atoms with Crippen molar-refractivity contribution in [2.24, 2.45) is 0 Å². The highest BCUT2D eigenvalue weighted by atomic mass is 32.2. The predicted octanol–water partition coefficient (Wildman–Crippen LogP) is 3.92. The number of hydrogen-bond acceptors (Lipinski definition) is 2. The molecule has 1 nitrogen and oxygen atoms in total. The van der Waals surface area contributed by atoms with Crippen LogP contribution >= 0.6 is 11.8 Å². The van der Waals surface area contributed by atoms with Crippen LogP contribution in [0, 0.1) is 0 Å². The molecule has 0 fully saturated rings.